The lowest BCUT2D eigenvalue weighted by Gasteiger charge is -2.27. The molecule has 2 atom stereocenters. The van der Waals surface area contributed by atoms with Gasteiger partial charge in [0.2, 0.25) is 0 Å². The Morgan fingerprint density at radius 2 is 2.28 bits per heavy atom. The van der Waals surface area contributed by atoms with Gasteiger partial charge in [0.15, 0.2) is 0 Å². The lowest BCUT2D eigenvalue weighted by Crippen LogP contribution is -2.29. The molecule has 0 aliphatic carbocycles. The first-order valence-corrected chi connectivity index (χ1v) is 6.87. The van der Waals surface area contributed by atoms with Crippen molar-refractivity contribution in [1.82, 2.24) is 10.2 Å². The summed E-state index contributed by atoms with van der Waals surface area (Å²) in [6.07, 6.45) is 1.08. The van der Waals surface area contributed by atoms with Crippen molar-refractivity contribution in [2.75, 3.05) is 26.7 Å². The van der Waals surface area contributed by atoms with Crippen LogP contribution in [0.3, 0.4) is 0 Å². The molecule has 18 heavy (non-hydrogen) atoms. The van der Waals surface area contributed by atoms with Crippen molar-refractivity contribution in [1.29, 1.82) is 0 Å². The zero-order valence-corrected chi connectivity index (χ0v) is 11.7. The van der Waals surface area contributed by atoms with Crippen molar-refractivity contribution in [2.45, 2.75) is 19.4 Å². The minimum Gasteiger partial charge on any atom is -0.317 e. The Morgan fingerprint density at radius 3 is 2.94 bits per heavy atom. The Labute approximate surface area is 113 Å². The van der Waals surface area contributed by atoms with Crippen LogP contribution in [0.4, 0.5) is 4.39 Å². The highest BCUT2D eigenvalue weighted by molar-refractivity contribution is 6.31. The van der Waals surface area contributed by atoms with Crippen LogP contribution in [0, 0.1) is 11.7 Å². The molecular weight excluding hydrogens is 251 g/mol. The zero-order chi connectivity index (χ0) is 13.1. The normalized spacial score (nSPS) is 24.7. The van der Waals surface area contributed by atoms with Gasteiger partial charge in [-0.3, -0.25) is 4.90 Å². The fraction of sp³-hybridized carbons (Fsp3) is 0.571. The topological polar surface area (TPSA) is 15.3 Å². The summed E-state index contributed by atoms with van der Waals surface area (Å²) in [5, 5.41) is 3.89. The average molecular weight is 271 g/mol. The summed E-state index contributed by atoms with van der Waals surface area (Å²) in [7, 11) is 2.04. The molecule has 0 radical (unpaired) electrons. The number of nitrogens with zero attached hydrogens (tertiary/aromatic N) is 1. The van der Waals surface area contributed by atoms with Gasteiger partial charge in [-0.15, -0.1) is 0 Å². The number of halogens is 2. The molecule has 2 rings (SSSR count). The Balaban J connectivity index is 2.28. The Kier molecular flexibility index (Phi) is 4.60. The lowest BCUT2D eigenvalue weighted by atomic mass is 9.93. The third-order valence-electron chi connectivity index (χ3n) is 3.73. The van der Waals surface area contributed by atoms with Crippen molar-refractivity contribution in [3.05, 3.63) is 34.6 Å². The maximum atomic E-state index is 14.0. The molecule has 4 heteroatoms. The molecule has 0 amide bonds. The zero-order valence-electron chi connectivity index (χ0n) is 10.9. The maximum absolute atomic E-state index is 14.0. The van der Waals surface area contributed by atoms with E-state index in [1.807, 2.05) is 7.05 Å². The van der Waals surface area contributed by atoms with Gasteiger partial charge in [-0.1, -0.05) is 24.6 Å². The summed E-state index contributed by atoms with van der Waals surface area (Å²) >= 11 is 6.19. The van der Waals surface area contributed by atoms with Crippen LogP contribution in [0.2, 0.25) is 5.02 Å². The third kappa shape index (κ3) is 2.68. The van der Waals surface area contributed by atoms with E-state index in [1.165, 1.54) is 6.07 Å². The van der Waals surface area contributed by atoms with Gasteiger partial charge in [-0.25, -0.2) is 4.39 Å². The fourth-order valence-corrected chi connectivity index (χ4v) is 3.09. The molecule has 1 fully saturated rings. The van der Waals surface area contributed by atoms with Crippen LogP contribution in [0.15, 0.2) is 18.2 Å². The van der Waals surface area contributed by atoms with Crippen LogP contribution in [0.1, 0.15) is 24.9 Å². The average Bonchev–Trinajstić information content (AvgIpc) is 2.69. The largest absolute Gasteiger partial charge is 0.317 e. The van der Waals surface area contributed by atoms with E-state index in [9.17, 15) is 4.39 Å². The van der Waals surface area contributed by atoms with Crippen LogP contribution in [0.25, 0.3) is 0 Å². The molecule has 2 unspecified atom stereocenters. The minimum absolute atomic E-state index is 0.0812. The van der Waals surface area contributed by atoms with Crippen molar-refractivity contribution in [2.24, 2.45) is 5.92 Å². The molecule has 1 heterocycles. The maximum Gasteiger partial charge on any atom is 0.129 e. The van der Waals surface area contributed by atoms with E-state index in [4.69, 9.17) is 11.6 Å². The van der Waals surface area contributed by atoms with E-state index in [1.54, 1.807) is 12.1 Å². The summed E-state index contributed by atoms with van der Waals surface area (Å²) in [4.78, 5) is 2.20. The molecule has 0 saturated carbocycles. The lowest BCUT2D eigenvalue weighted by molar-refractivity contribution is 0.266. The molecule has 1 aromatic carbocycles. The van der Waals surface area contributed by atoms with Gasteiger partial charge < -0.3 is 5.32 Å². The standard InChI is InChI=1S/C14H20ClFN2/c1-3-17-9-10-7-8-18(2)14(10)13-11(15)5-4-6-12(13)16/h4-6,10,14,17H,3,7-9H2,1-2H3. The molecule has 0 bridgehead atoms. The molecule has 0 spiro atoms. The Bertz CT molecular complexity index is 391. The van der Waals surface area contributed by atoms with E-state index < -0.39 is 0 Å². The molecule has 1 saturated heterocycles. The first kappa shape index (κ1) is 13.8. The molecule has 1 aliphatic heterocycles. The Hall–Kier alpha value is -0.640. The number of nitrogens with one attached hydrogen (secondary N) is 1. The second-order valence-electron chi connectivity index (χ2n) is 4.92. The number of rotatable bonds is 4. The summed E-state index contributed by atoms with van der Waals surface area (Å²) in [6.45, 7) is 4.93. The van der Waals surface area contributed by atoms with Gasteiger partial charge in [0.05, 0.1) is 0 Å². The SMILES string of the molecule is CCNCC1CCN(C)C1c1c(F)cccc1Cl. The molecule has 1 aliphatic rings. The number of hydrogen-bond donors (Lipinski definition) is 1. The predicted octanol–water partition coefficient (Wildman–Crippen LogP) is 3.08. The predicted molar refractivity (Wildman–Crippen MR) is 73.4 cm³/mol. The quantitative estimate of drug-likeness (QED) is 0.905. The van der Waals surface area contributed by atoms with Crippen molar-refractivity contribution in [3.8, 4) is 0 Å². The highest BCUT2D eigenvalue weighted by Gasteiger charge is 2.35. The van der Waals surface area contributed by atoms with Gasteiger partial charge in [-0.05, 0) is 51.2 Å². The summed E-state index contributed by atoms with van der Waals surface area (Å²) in [6, 6.07) is 5.02. The van der Waals surface area contributed by atoms with Gasteiger partial charge in [0, 0.05) is 16.6 Å². The van der Waals surface area contributed by atoms with E-state index in [2.05, 4.69) is 17.1 Å². The van der Waals surface area contributed by atoms with Crippen LogP contribution in [0.5, 0.6) is 0 Å². The van der Waals surface area contributed by atoms with E-state index in [-0.39, 0.29) is 11.9 Å². The van der Waals surface area contributed by atoms with Gasteiger partial charge in [0.25, 0.3) is 0 Å². The number of benzene rings is 1. The first-order valence-electron chi connectivity index (χ1n) is 6.50. The number of likely N-dealkylation sites (tertiary alicyclic amines) is 1. The van der Waals surface area contributed by atoms with E-state index in [0.29, 0.717) is 16.5 Å². The monoisotopic (exact) mass is 270 g/mol. The van der Waals surface area contributed by atoms with Gasteiger partial charge in [0.1, 0.15) is 5.82 Å². The van der Waals surface area contributed by atoms with E-state index >= 15 is 0 Å². The minimum atomic E-state index is -0.192. The smallest absolute Gasteiger partial charge is 0.129 e. The number of hydrogen-bond acceptors (Lipinski definition) is 2. The van der Waals surface area contributed by atoms with Gasteiger partial charge in [-0.2, -0.15) is 0 Å². The van der Waals surface area contributed by atoms with Gasteiger partial charge >= 0.3 is 0 Å². The summed E-state index contributed by atoms with van der Waals surface area (Å²) in [5.41, 5.74) is 0.655. The molecule has 2 nitrogen and oxygen atoms in total. The second kappa shape index (κ2) is 6.00. The fourth-order valence-electron chi connectivity index (χ4n) is 2.82. The van der Waals surface area contributed by atoms with Crippen molar-refractivity contribution < 1.29 is 4.39 Å². The van der Waals surface area contributed by atoms with Crippen LogP contribution in [-0.4, -0.2) is 31.6 Å². The first-order chi connectivity index (χ1) is 8.65. The van der Waals surface area contributed by atoms with Crippen molar-refractivity contribution in [3.63, 3.8) is 0 Å². The van der Waals surface area contributed by atoms with Crippen LogP contribution in [-0.2, 0) is 0 Å². The molecular formula is C14H20ClFN2. The highest BCUT2D eigenvalue weighted by atomic mass is 35.5. The molecule has 1 N–H and O–H groups in total. The Morgan fingerprint density at radius 1 is 1.50 bits per heavy atom. The summed E-state index contributed by atoms with van der Waals surface area (Å²) < 4.78 is 14.0. The third-order valence-corrected chi connectivity index (χ3v) is 4.06. The van der Waals surface area contributed by atoms with Crippen LogP contribution >= 0.6 is 11.6 Å². The van der Waals surface area contributed by atoms with Crippen LogP contribution < -0.4 is 5.32 Å². The summed E-state index contributed by atoms with van der Waals surface area (Å²) in [5.74, 6) is 0.229. The van der Waals surface area contributed by atoms with E-state index in [0.717, 1.165) is 26.1 Å². The highest BCUT2D eigenvalue weighted by Crippen LogP contribution is 2.40. The second-order valence-corrected chi connectivity index (χ2v) is 5.32. The molecule has 1 aromatic rings. The molecule has 0 aromatic heterocycles. The molecule has 100 valence electrons. The van der Waals surface area contributed by atoms with Crippen molar-refractivity contribution >= 4 is 11.6 Å².